The summed E-state index contributed by atoms with van der Waals surface area (Å²) in [7, 11) is 0. The van der Waals surface area contributed by atoms with Gasteiger partial charge in [0.1, 0.15) is 5.82 Å². The Labute approximate surface area is 162 Å². The van der Waals surface area contributed by atoms with Gasteiger partial charge in [0.2, 0.25) is 0 Å². The van der Waals surface area contributed by atoms with Crippen molar-refractivity contribution in [2.75, 3.05) is 18.6 Å². The maximum atomic E-state index is 14.4. The Morgan fingerprint density at radius 3 is 2.44 bits per heavy atom. The van der Waals surface area contributed by atoms with Crippen molar-refractivity contribution in [2.45, 2.75) is 25.8 Å². The molecule has 0 spiro atoms. The highest BCUT2D eigenvalue weighted by molar-refractivity contribution is 7.98. The summed E-state index contributed by atoms with van der Waals surface area (Å²) < 4.78 is 14.4. The quantitative estimate of drug-likeness (QED) is 0.712. The largest absolute Gasteiger partial charge is 0.351 e. The first-order valence-corrected chi connectivity index (χ1v) is 10.4. The van der Waals surface area contributed by atoms with Crippen LogP contribution in [0.1, 0.15) is 39.1 Å². The molecule has 2 amide bonds. The normalized spacial score (nSPS) is 13.3. The van der Waals surface area contributed by atoms with E-state index >= 15 is 0 Å². The van der Waals surface area contributed by atoms with Gasteiger partial charge in [0.25, 0.3) is 11.8 Å². The maximum Gasteiger partial charge on any atom is 0.251 e. The molecule has 3 rings (SSSR count). The number of thioether (sulfide) groups is 1. The fourth-order valence-electron chi connectivity index (χ4n) is 2.78. The Morgan fingerprint density at radius 1 is 1.11 bits per heavy atom. The molecule has 142 valence electrons. The van der Waals surface area contributed by atoms with E-state index in [9.17, 15) is 14.0 Å². The van der Waals surface area contributed by atoms with Gasteiger partial charge in [-0.1, -0.05) is 12.1 Å². The van der Waals surface area contributed by atoms with Gasteiger partial charge in [-0.05, 0) is 67.0 Å². The lowest BCUT2D eigenvalue weighted by Crippen LogP contribution is -2.25. The molecule has 2 aromatic rings. The number of benzene rings is 2. The first-order valence-electron chi connectivity index (χ1n) is 8.98. The van der Waals surface area contributed by atoms with Gasteiger partial charge >= 0.3 is 0 Å². The molecule has 6 heteroatoms. The number of hydrogen-bond donors (Lipinski definition) is 2. The van der Waals surface area contributed by atoms with Crippen LogP contribution in [0.25, 0.3) is 11.1 Å². The van der Waals surface area contributed by atoms with Crippen molar-refractivity contribution in [3.05, 3.63) is 58.9 Å². The predicted octanol–water partition coefficient (Wildman–Crippen LogP) is 3.79. The molecule has 0 saturated heterocycles. The second-order valence-electron chi connectivity index (χ2n) is 6.70. The van der Waals surface area contributed by atoms with Crippen molar-refractivity contribution in [1.82, 2.24) is 10.6 Å². The van der Waals surface area contributed by atoms with Gasteiger partial charge < -0.3 is 10.6 Å². The Bertz CT molecular complexity index is 848. The van der Waals surface area contributed by atoms with Gasteiger partial charge in [0, 0.05) is 29.5 Å². The lowest BCUT2D eigenvalue weighted by molar-refractivity contribution is 0.0944. The third-order valence-corrected chi connectivity index (χ3v) is 5.18. The Kier molecular flexibility index (Phi) is 6.16. The molecule has 27 heavy (non-hydrogen) atoms. The summed E-state index contributed by atoms with van der Waals surface area (Å²) >= 11 is 1.67. The smallest absolute Gasteiger partial charge is 0.251 e. The number of hydrogen-bond acceptors (Lipinski definition) is 3. The minimum atomic E-state index is -0.410. The minimum absolute atomic E-state index is 0.129. The van der Waals surface area contributed by atoms with Crippen molar-refractivity contribution in [2.24, 2.45) is 0 Å². The molecule has 2 N–H and O–H groups in total. The number of halogens is 1. The van der Waals surface area contributed by atoms with E-state index in [0.717, 1.165) is 24.2 Å². The Morgan fingerprint density at radius 2 is 1.81 bits per heavy atom. The molecule has 0 radical (unpaired) electrons. The summed E-state index contributed by atoms with van der Waals surface area (Å²) in [5, 5.41) is 5.74. The third kappa shape index (κ3) is 4.89. The van der Waals surface area contributed by atoms with Crippen LogP contribution in [-0.2, 0) is 0 Å². The second kappa shape index (κ2) is 8.57. The van der Waals surface area contributed by atoms with Crippen molar-refractivity contribution in [3.8, 4) is 11.1 Å². The SMILES string of the molecule is CSCCNC(=O)c1ccc(-c2cc(C(=O)NC3CC3)cc(F)c2C)cc1. The zero-order valence-electron chi connectivity index (χ0n) is 15.5. The fourth-order valence-corrected chi connectivity index (χ4v) is 3.08. The Balaban J connectivity index is 1.81. The predicted molar refractivity (Wildman–Crippen MR) is 108 cm³/mol. The van der Waals surface area contributed by atoms with E-state index in [1.54, 1.807) is 49.0 Å². The molecule has 0 aliphatic heterocycles. The van der Waals surface area contributed by atoms with Crippen LogP contribution in [-0.4, -0.2) is 36.4 Å². The van der Waals surface area contributed by atoms with E-state index in [4.69, 9.17) is 0 Å². The summed E-state index contributed by atoms with van der Waals surface area (Å²) in [5.74, 6) is 0.0729. The van der Waals surface area contributed by atoms with Crippen molar-refractivity contribution >= 4 is 23.6 Å². The van der Waals surface area contributed by atoms with Crippen LogP contribution in [0, 0.1) is 12.7 Å². The summed E-state index contributed by atoms with van der Waals surface area (Å²) in [4.78, 5) is 24.4. The van der Waals surface area contributed by atoms with Gasteiger partial charge in [0.15, 0.2) is 0 Å². The zero-order valence-corrected chi connectivity index (χ0v) is 16.3. The molecule has 0 aromatic heterocycles. The summed E-state index contributed by atoms with van der Waals surface area (Å²) in [5.41, 5.74) is 2.79. The van der Waals surface area contributed by atoms with E-state index in [-0.39, 0.29) is 17.9 Å². The number of carbonyl (C=O) groups excluding carboxylic acids is 2. The molecule has 4 nitrogen and oxygen atoms in total. The van der Waals surface area contributed by atoms with Crippen LogP contribution in [0.2, 0.25) is 0 Å². The third-order valence-electron chi connectivity index (χ3n) is 4.57. The molecule has 0 atom stereocenters. The van der Waals surface area contributed by atoms with E-state index in [0.29, 0.717) is 28.8 Å². The van der Waals surface area contributed by atoms with Crippen molar-refractivity contribution < 1.29 is 14.0 Å². The highest BCUT2D eigenvalue weighted by Gasteiger charge is 2.24. The first-order chi connectivity index (χ1) is 13.0. The van der Waals surface area contributed by atoms with Crippen molar-refractivity contribution in [3.63, 3.8) is 0 Å². The fraction of sp³-hybridized carbons (Fsp3) is 0.333. The maximum absolute atomic E-state index is 14.4. The molecule has 0 unspecified atom stereocenters. The monoisotopic (exact) mass is 386 g/mol. The summed E-state index contributed by atoms with van der Waals surface area (Å²) in [6.45, 7) is 2.31. The molecule has 1 saturated carbocycles. The molecular formula is C21H23FN2O2S. The van der Waals surface area contributed by atoms with Gasteiger partial charge in [0.05, 0.1) is 0 Å². The van der Waals surface area contributed by atoms with Crippen LogP contribution in [0.3, 0.4) is 0 Å². The molecule has 1 aliphatic carbocycles. The van der Waals surface area contributed by atoms with Crippen molar-refractivity contribution in [1.29, 1.82) is 0 Å². The highest BCUT2D eigenvalue weighted by Crippen LogP contribution is 2.28. The number of carbonyl (C=O) groups is 2. The number of nitrogens with one attached hydrogen (secondary N) is 2. The van der Waals surface area contributed by atoms with Crippen LogP contribution in [0.4, 0.5) is 4.39 Å². The number of rotatable bonds is 7. The summed E-state index contributed by atoms with van der Waals surface area (Å²) in [6.07, 6.45) is 3.95. The van der Waals surface area contributed by atoms with Gasteiger partial charge in [-0.3, -0.25) is 9.59 Å². The van der Waals surface area contributed by atoms with Crippen LogP contribution >= 0.6 is 11.8 Å². The van der Waals surface area contributed by atoms with Gasteiger partial charge in [-0.25, -0.2) is 4.39 Å². The van der Waals surface area contributed by atoms with Crippen LogP contribution in [0.15, 0.2) is 36.4 Å². The van der Waals surface area contributed by atoms with E-state index in [1.165, 1.54) is 6.07 Å². The summed E-state index contributed by atoms with van der Waals surface area (Å²) in [6, 6.07) is 10.2. The Hall–Kier alpha value is -2.34. The molecule has 2 aromatic carbocycles. The van der Waals surface area contributed by atoms with Crippen LogP contribution in [0.5, 0.6) is 0 Å². The number of amides is 2. The standard InChI is InChI=1S/C21H23FN2O2S/c1-13-18(11-16(12-19(13)22)21(26)24-17-7-8-17)14-3-5-15(6-4-14)20(25)23-9-10-27-2/h3-6,11-12,17H,7-10H2,1-2H3,(H,23,25)(H,24,26). The van der Waals surface area contributed by atoms with E-state index < -0.39 is 5.82 Å². The van der Waals surface area contributed by atoms with Crippen LogP contribution < -0.4 is 10.6 Å². The zero-order chi connectivity index (χ0) is 19.4. The second-order valence-corrected chi connectivity index (χ2v) is 7.69. The molecule has 1 aliphatic rings. The van der Waals surface area contributed by atoms with Gasteiger partial charge in [-0.2, -0.15) is 11.8 Å². The average molecular weight is 386 g/mol. The molecular weight excluding hydrogens is 363 g/mol. The molecule has 0 heterocycles. The van der Waals surface area contributed by atoms with E-state index in [1.807, 2.05) is 6.26 Å². The average Bonchev–Trinajstić information content (AvgIpc) is 3.48. The first kappa shape index (κ1) is 19.4. The lowest BCUT2D eigenvalue weighted by atomic mass is 9.96. The molecule has 0 bridgehead atoms. The minimum Gasteiger partial charge on any atom is -0.351 e. The van der Waals surface area contributed by atoms with E-state index in [2.05, 4.69) is 10.6 Å². The molecule has 1 fully saturated rings. The highest BCUT2D eigenvalue weighted by atomic mass is 32.2. The van der Waals surface area contributed by atoms with Gasteiger partial charge in [-0.15, -0.1) is 0 Å². The lowest BCUT2D eigenvalue weighted by Gasteiger charge is -2.12. The topological polar surface area (TPSA) is 58.2 Å².